The lowest BCUT2D eigenvalue weighted by Gasteiger charge is -2.19. The number of benzene rings is 1. The van der Waals surface area contributed by atoms with Gasteiger partial charge in [0.2, 0.25) is 5.91 Å². The van der Waals surface area contributed by atoms with Crippen molar-refractivity contribution < 1.29 is 4.79 Å². The Morgan fingerprint density at radius 3 is 2.53 bits per heavy atom. The van der Waals surface area contributed by atoms with E-state index in [1.54, 1.807) is 12.1 Å². The first-order valence-corrected chi connectivity index (χ1v) is 5.70. The number of amides is 1. The first kappa shape index (κ1) is 13.6. The summed E-state index contributed by atoms with van der Waals surface area (Å²) in [6.07, 6.45) is 0. The lowest BCUT2D eigenvalue weighted by atomic mass is 10.1. The fourth-order valence-corrected chi connectivity index (χ4v) is 1.46. The summed E-state index contributed by atoms with van der Waals surface area (Å²) >= 11 is 4.94. The van der Waals surface area contributed by atoms with E-state index in [0.717, 1.165) is 0 Å². The molecule has 1 amide bonds. The summed E-state index contributed by atoms with van der Waals surface area (Å²) < 4.78 is 0. The van der Waals surface area contributed by atoms with Crippen LogP contribution in [0.15, 0.2) is 24.3 Å². The summed E-state index contributed by atoms with van der Waals surface area (Å²) in [5.41, 5.74) is 6.93. The van der Waals surface area contributed by atoms with E-state index in [4.69, 9.17) is 18.0 Å². The molecule has 4 nitrogen and oxygen atoms in total. The van der Waals surface area contributed by atoms with Crippen LogP contribution < -0.4 is 11.1 Å². The molecule has 0 aliphatic rings. The molecule has 0 aromatic heterocycles. The van der Waals surface area contributed by atoms with Gasteiger partial charge in [0.25, 0.3) is 0 Å². The second-order valence-corrected chi connectivity index (χ2v) is 4.48. The van der Waals surface area contributed by atoms with Crippen LogP contribution >= 0.6 is 12.2 Å². The molecule has 1 unspecified atom stereocenters. The Morgan fingerprint density at radius 2 is 2.00 bits per heavy atom. The predicted octanol–water partition coefficient (Wildman–Crippen LogP) is 1.21. The van der Waals surface area contributed by atoms with E-state index in [0.29, 0.717) is 11.3 Å². The molecule has 5 heteroatoms. The fraction of sp³-hybridized carbons (Fsp3) is 0.333. The highest BCUT2D eigenvalue weighted by Crippen LogP contribution is 2.15. The zero-order valence-corrected chi connectivity index (χ0v) is 11.0. The number of nitrogens with two attached hydrogens (primary N) is 1. The molecule has 0 fully saturated rings. The Balaban J connectivity index is 2.89. The van der Waals surface area contributed by atoms with Gasteiger partial charge in [-0.05, 0) is 33.2 Å². The maximum atomic E-state index is 11.9. The van der Waals surface area contributed by atoms with E-state index in [-0.39, 0.29) is 16.9 Å². The normalized spacial score (nSPS) is 12.2. The van der Waals surface area contributed by atoms with E-state index in [1.165, 1.54) is 0 Å². The lowest BCUT2D eigenvalue weighted by molar-refractivity contribution is -0.119. The van der Waals surface area contributed by atoms with E-state index in [9.17, 15) is 4.79 Å². The topological polar surface area (TPSA) is 58.4 Å². The van der Waals surface area contributed by atoms with E-state index >= 15 is 0 Å². The van der Waals surface area contributed by atoms with E-state index in [2.05, 4.69) is 5.32 Å². The molecule has 0 heterocycles. The standard InChI is InChI=1S/C12H17N3OS/c1-8(15(2)3)12(16)14-10-7-5-4-6-9(10)11(13)17/h4-8H,1-3H3,(H2,13,17)(H,14,16). The Kier molecular flexibility index (Phi) is 4.60. The van der Waals surface area contributed by atoms with Crippen molar-refractivity contribution in [3.05, 3.63) is 29.8 Å². The molecule has 1 atom stereocenters. The van der Waals surface area contributed by atoms with Gasteiger partial charge in [-0.2, -0.15) is 0 Å². The summed E-state index contributed by atoms with van der Waals surface area (Å²) in [4.78, 5) is 14.0. The largest absolute Gasteiger partial charge is 0.389 e. The highest BCUT2D eigenvalue weighted by molar-refractivity contribution is 7.80. The first-order chi connectivity index (χ1) is 7.93. The van der Waals surface area contributed by atoms with Gasteiger partial charge in [0.1, 0.15) is 4.99 Å². The third-order valence-corrected chi connectivity index (χ3v) is 2.82. The third-order valence-electron chi connectivity index (χ3n) is 2.60. The number of hydrogen-bond acceptors (Lipinski definition) is 3. The van der Waals surface area contributed by atoms with Gasteiger partial charge in [0.15, 0.2) is 0 Å². The Labute approximate surface area is 107 Å². The van der Waals surface area contributed by atoms with Crippen molar-refractivity contribution in [2.75, 3.05) is 19.4 Å². The first-order valence-electron chi connectivity index (χ1n) is 5.29. The number of likely N-dealkylation sites (N-methyl/N-ethyl adjacent to an activating group) is 1. The van der Waals surface area contributed by atoms with Crippen molar-refractivity contribution in [1.82, 2.24) is 4.90 Å². The summed E-state index contributed by atoms with van der Waals surface area (Å²) in [7, 11) is 3.70. The van der Waals surface area contributed by atoms with Gasteiger partial charge < -0.3 is 11.1 Å². The van der Waals surface area contributed by atoms with Gasteiger partial charge in [0, 0.05) is 5.56 Å². The minimum Gasteiger partial charge on any atom is -0.389 e. The minimum absolute atomic E-state index is 0.0845. The predicted molar refractivity (Wildman–Crippen MR) is 74.1 cm³/mol. The molecule has 0 radical (unpaired) electrons. The highest BCUT2D eigenvalue weighted by Gasteiger charge is 2.16. The number of thiocarbonyl (C=S) groups is 1. The Hall–Kier alpha value is -1.46. The Bertz CT molecular complexity index is 432. The van der Waals surface area contributed by atoms with Gasteiger partial charge in [-0.25, -0.2) is 0 Å². The molecule has 1 rings (SSSR count). The number of hydrogen-bond donors (Lipinski definition) is 2. The number of anilines is 1. The van der Waals surface area contributed by atoms with Gasteiger partial charge in [0.05, 0.1) is 11.7 Å². The molecule has 3 N–H and O–H groups in total. The number of rotatable bonds is 4. The van der Waals surface area contributed by atoms with E-state index < -0.39 is 0 Å². The molecule has 0 saturated heterocycles. The Morgan fingerprint density at radius 1 is 1.41 bits per heavy atom. The van der Waals surface area contributed by atoms with Gasteiger partial charge >= 0.3 is 0 Å². The zero-order chi connectivity index (χ0) is 13.0. The van der Waals surface area contributed by atoms with Crippen molar-refractivity contribution in [3.8, 4) is 0 Å². The molecule has 0 aliphatic heterocycles. The van der Waals surface area contributed by atoms with Crippen LogP contribution in [0.1, 0.15) is 12.5 Å². The summed E-state index contributed by atoms with van der Waals surface area (Å²) in [6.45, 7) is 1.83. The van der Waals surface area contributed by atoms with Crippen molar-refractivity contribution in [2.24, 2.45) is 5.73 Å². The molecule has 0 aliphatic carbocycles. The number of nitrogens with zero attached hydrogens (tertiary/aromatic N) is 1. The zero-order valence-electron chi connectivity index (χ0n) is 10.2. The van der Waals surface area contributed by atoms with Crippen LogP contribution in [0.2, 0.25) is 0 Å². The van der Waals surface area contributed by atoms with Crippen molar-refractivity contribution in [3.63, 3.8) is 0 Å². The van der Waals surface area contributed by atoms with Crippen molar-refractivity contribution >= 4 is 28.8 Å². The molecular weight excluding hydrogens is 234 g/mol. The molecule has 1 aromatic rings. The van der Waals surface area contributed by atoms with Crippen LogP contribution in [-0.2, 0) is 4.79 Å². The maximum Gasteiger partial charge on any atom is 0.241 e. The second-order valence-electron chi connectivity index (χ2n) is 4.04. The second kappa shape index (κ2) is 5.75. The quantitative estimate of drug-likeness (QED) is 0.790. The number of carbonyl (C=O) groups excluding carboxylic acids is 1. The molecule has 0 spiro atoms. The molecule has 1 aromatic carbocycles. The number of para-hydroxylation sites is 1. The van der Waals surface area contributed by atoms with Crippen LogP contribution in [-0.4, -0.2) is 35.9 Å². The molecule has 0 saturated carbocycles. The minimum atomic E-state index is -0.214. The monoisotopic (exact) mass is 251 g/mol. The average molecular weight is 251 g/mol. The fourth-order valence-electron chi connectivity index (χ4n) is 1.28. The lowest BCUT2D eigenvalue weighted by Crippen LogP contribution is -2.37. The van der Waals surface area contributed by atoms with Crippen LogP contribution in [0.4, 0.5) is 5.69 Å². The van der Waals surface area contributed by atoms with Gasteiger partial charge in [-0.15, -0.1) is 0 Å². The maximum absolute atomic E-state index is 11.9. The number of carbonyl (C=O) groups is 1. The SMILES string of the molecule is CC(C(=O)Nc1ccccc1C(N)=S)N(C)C. The number of nitrogens with one attached hydrogen (secondary N) is 1. The van der Waals surface area contributed by atoms with E-state index in [1.807, 2.05) is 38.1 Å². The summed E-state index contributed by atoms with van der Waals surface area (Å²) in [5.74, 6) is -0.0845. The molecule has 17 heavy (non-hydrogen) atoms. The van der Waals surface area contributed by atoms with Crippen molar-refractivity contribution in [1.29, 1.82) is 0 Å². The van der Waals surface area contributed by atoms with Gasteiger partial charge in [-0.1, -0.05) is 24.4 Å². The smallest absolute Gasteiger partial charge is 0.241 e. The third kappa shape index (κ3) is 3.51. The van der Waals surface area contributed by atoms with Crippen LogP contribution in [0.3, 0.4) is 0 Å². The molecule has 0 bridgehead atoms. The van der Waals surface area contributed by atoms with Gasteiger partial charge in [-0.3, -0.25) is 9.69 Å². The summed E-state index contributed by atoms with van der Waals surface area (Å²) in [5, 5.41) is 2.82. The summed E-state index contributed by atoms with van der Waals surface area (Å²) in [6, 6.07) is 7.03. The highest BCUT2D eigenvalue weighted by atomic mass is 32.1. The van der Waals surface area contributed by atoms with Crippen LogP contribution in [0.5, 0.6) is 0 Å². The van der Waals surface area contributed by atoms with Crippen molar-refractivity contribution in [2.45, 2.75) is 13.0 Å². The average Bonchev–Trinajstić information content (AvgIpc) is 2.28. The molecular formula is C12H17N3OS. The van der Waals surface area contributed by atoms with Crippen LogP contribution in [0.25, 0.3) is 0 Å². The molecule has 92 valence electrons. The van der Waals surface area contributed by atoms with Crippen LogP contribution in [0, 0.1) is 0 Å².